The number of guanidine groups is 1. The van der Waals surface area contributed by atoms with E-state index in [9.17, 15) is 5.11 Å². The second-order valence-corrected chi connectivity index (χ2v) is 8.36. The normalized spacial score (nSPS) is 25.4. The van der Waals surface area contributed by atoms with Crippen LogP contribution in [0.1, 0.15) is 12.0 Å². The summed E-state index contributed by atoms with van der Waals surface area (Å²) < 4.78 is 0. The molecule has 2 aliphatic heterocycles. The van der Waals surface area contributed by atoms with Gasteiger partial charge in [-0.05, 0) is 29.9 Å². The fourth-order valence-corrected chi connectivity index (χ4v) is 4.70. The molecule has 2 N–H and O–H groups in total. The Bertz CT molecular complexity index is 581. The van der Waals surface area contributed by atoms with Crippen LogP contribution in [0.4, 0.5) is 0 Å². The van der Waals surface area contributed by atoms with Gasteiger partial charge in [-0.2, -0.15) is 11.8 Å². The largest absolute Gasteiger partial charge is 0.387 e. The molecule has 0 spiro atoms. The topological polar surface area (TPSA) is 51.1 Å². The Morgan fingerprint density at radius 3 is 2.60 bits per heavy atom. The molecule has 0 bridgehead atoms. The lowest BCUT2D eigenvalue weighted by molar-refractivity contribution is 0.0711. The van der Waals surface area contributed by atoms with E-state index in [0.29, 0.717) is 6.54 Å². The highest BCUT2D eigenvalue weighted by Gasteiger charge is 2.32. The van der Waals surface area contributed by atoms with Crippen molar-refractivity contribution < 1.29 is 5.11 Å². The number of aliphatic hydroxyl groups is 1. The van der Waals surface area contributed by atoms with Gasteiger partial charge in [0, 0.05) is 57.1 Å². The van der Waals surface area contributed by atoms with Crippen molar-refractivity contribution >= 4 is 29.3 Å². The van der Waals surface area contributed by atoms with Crippen LogP contribution in [-0.2, 0) is 6.54 Å². The van der Waals surface area contributed by atoms with Crippen molar-refractivity contribution in [3.8, 4) is 0 Å². The summed E-state index contributed by atoms with van der Waals surface area (Å²) in [5.74, 6) is 2.75. The van der Waals surface area contributed by atoms with E-state index in [1.807, 2.05) is 30.9 Å². The fraction of sp³-hybridized carbons (Fsp3) is 0.611. The molecule has 1 aromatic carbocycles. The van der Waals surface area contributed by atoms with Gasteiger partial charge in [0.25, 0.3) is 0 Å². The van der Waals surface area contributed by atoms with Gasteiger partial charge in [0.2, 0.25) is 0 Å². The van der Waals surface area contributed by atoms with Crippen LogP contribution < -0.4 is 5.32 Å². The highest BCUT2D eigenvalue weighted by atomic mass is 35.5. The molecule has 0 amide bonds. The summed E-state index contributed by atoms with van der Waals surface area (Å²) in [5.41, 5.74) is 0.707. The summed E-state index contributed by atoms with van der Waals surface area (Å²) in [5, 5.41) is 14.6. The van der Waals surface area contributed by atoms with Gasteiger partial charge in [-0.1, -0.05) is 23.7 Å². The smallest absolute Gasteiger partial charge is 0.193 e. The Kier molecular flexibility index (Phi) is 6.49. The summed E-state index contributed by atoms with van der Waals surface area (Å²) in [6.45, 7) is 5.43. The molecule has 0 aromatic heterocycles. The standard InChI is InChI=1S/C18H27ClN4OS/c1-20-17(21-13-18(24)6-11-25-14-18)23-9-7-22(8-10-23)12-15-2-4-16(19)5-3-15/h2-5,24H,6-14H2,1H3,(H,20,21). The van der Waals surface area contributed by atoms with E-state index in [1.54, 1.807) is 0 Å². The number of rotatable bonds is 4. The number of nitrogens with one attached hydrogen (secondary N) is 1. The summed E-state index contributed by atoms with van der Waals surface area (Å²) in [7, 11) is 1.82. The first kappa shape index (κ1) is 18.8. The molecule has 2 fully saturated rings. The lowest BCUT2D eigenvalue weighted by Crippen LogP contribution is -2.54. The molecular weight excluding hydrogens is 356 g/mol. The zero-order valence-electron chi connectivity index (χ0n) is 14.7. The minimum atomic E-state index is -0.586. The van der Waals surface area contributed by atoms with Gasteiger partial charge in [-0.3, -0.25) is 9.89 Å². The Morgan fingerprint density at radius 1 is 1.28 bits per heavy atom. The van der Waals surface area contributed by atoms with Crippen molar-refractivity contribution in [3.63, 3.8) is 0 Å². The second kappa shape index (κ2) is 8.62. The average Bonchev–Trinajstić information content (AvgIpc) is 3.06. The SMILES string of the molecule is CN=C(NCC1(O)CCSC1)N1CCN(Cc2ccc(Cl)cc2)CC1. The number of aliphatic imine (C=N–C) groups is 1. The van der Waals surface area contributed by atoms with Crippen molar-refractivity contribution in [2.45, 2.75) is 18.6 Å². The van der Waals surface area contributed by atoms with Crippen molar-refractivity contribution in [2.24, 2.45) is 4.99 Å². The number of hydrogen-bond donors (Lipinski definition) is 2. The monoisotopic (exact) mass is 382 g/mol. The van der Waals surface area contributed by atoms with Crippen LogP contribution in [0.3, 0.4) is 0 Å². The maximum absolute atomic E-state index is 10.5. The van der Waals surface area contributed by atoms with Gasteiger partial charge in [-0.15, -0.1) is 0 Å². The Hall–Kier alpha value is -0.950. The molecule has 138 valence electrons. The average molecular weight is 383 g/mol. The van der Waals surface area contributed by atoms with E-state index < -0.39 is 5.60 Å². The van der Waals surface area contributed by atoms with Crippen LogP contribution in [0.25, 0.3) is 0 Å². The molecule has 25 heavy (non-hydrogen) atoms. The predicted octanol–water partition coefficient (Wildman–Crippen LogP) is 1.90. The van der Waals surface area contributed by atoms with Gasteiger partial charge in [0.1, 0.15) is 0 Å². The third-order valence-corrected chi connectivity index (χ3v) is 6.35. The number of benzene rings is 1. The van der Waals surface area contributed by atoms with E-state index in [4.69, 9.17) is 11.6 Å². The first-order valence-electron chi connectivity index (χ1n) is 8.80. The molecule has 5 nitrogen and oxygen atoms in total. The number of piperazine rings is 1. The lowest BCUT2D eigenvalue weighted by atomic mass is 10.0. The third-order valence-electron chi connectivity index (χ3n) is 4.86. The van der Waals surface area contributed by atoms with Crippen molar-refractivity contribution in [1.82, 2.24) is 15.1 Å². The van der Waals surface area contributed by atoms with Crippen molar-refractivity contribution in [3.05, 3.63) is 34.9 Å². The van der Waals surface area contributed by atoms with E-state index in [0.717, 1.165) is 61.6 Å². The van der Waals surface area contributed by atoms with Gasteiger partial charge in [-0.25, -0.2) is 0 Å². The molecule has 2 saturated heterocycles. The molecule has 2 heterocycles. The molecule has 0 saturated carbocycles. The Balaban J connectivity index is 1.46. The van der Waals surface area contributed by atoms with Crippen LogP contribution in [0.15, 0.2) is 29.3 Å². The van der Waals surface area contributed by atoms with Gasteiger partial charge in [0.05, 0.1) is 5.60 Å². The second-order valence-electron chi connectivity index (χ2n) is 6.82. The molecule has 1 atom stereocenters. The molecule has 3 rings (SSSR count). The van der Waals surface area contributed by atoms with Crippen LogP contribution >= 0.6 is 23.4 Å². The van der Waals surface area contributed by atoms with E-state index in [2.05, 4.69) is 32.2 Å². The third kappa shape index (κ3) is 5.26. The van der Waals surface area contributed by atoms with Crippen LogP contribution in [0.2, 0.25) is 5.02 Å². The number of hydrogen-bond acceptors (Lipinski definition) is 4. The molecule has 0 radical (unpaired) electrons. The molecule has 0 aliphatic carbocycles. The van der Waals surface area contributed by atoms with Crippen LogP contribution in [0, 0.1) is 0 Å². The minimum Gasteiger partial charge on any atom is -0.387 e. The van der Waals surface area contributed by atoms with E-state index >= 15 is 0 Å². The van der Waals surface area contributed by atoms with Gasteiger partial charge in [0.15, 0.2) is 5.96 Å². The zero-order valence-corrected chi connectivity index (χ0v) is 16.3. The van der Waals surface area contributed by atoms with E-state index in [1.165, 1.54) is 5.56 Å². The number of nitrogens with zero attached hydrogens (tertiary/aromatic N) is 3. The molecule has 1 aromatic rings. The summed E-state index contributed by atoms with van der Waals surface area (Å²) in [4.78, 5) is 9.14. The Morgan fingerprint density at radius 2 is 2.00 bits per heavy atom. The van der Waals surface area contributed by atoms with Gasteiger partial charge < -0.3 is 15.3 Å². The summed E-state index contributed by atoms with van der Waals surface area (Å²) >= 11 is 7.77. The minimum absolute atomic E-state index is 0.581. The highest BCUT2D eigenvalue weighted by Crippen LogP contribution is 2.27. The quantitative estimate of drug-likeness (QED) is 0.615. The molecular formula is C18H27ClN4OS. The Labute approximate surface area is 159 Å². The van der Waals surface area contributed by atoms with Crippen molar-refractivity contribution in [2.75, 3.05) is 51.3 Å². The maximum Gasteiger partial charge on any atom is 0.193 e. The first-order chi connectivity index (χ1) is 12.1. The molecule has 7 heteroatoms. The molecule has 1 unspecified atom stereocenters. The number of halogens is 1. The van der Waals surface area contributed by atoms with Crippen molar-refractivity contribution in [1.29, 1.82) is 0 Å². The lowest BCUT2D eigenvalue weighted by Gasteiger charge is -2.37. The summed E-state index contributed by atoms with van der Waals surface area (Å²) in [6, 6.07) is 8.08. The van der Waals surface area contributed by atoms with Gasteiger partial charge >= 0.3 is 0 Å². The zero-order chi connectivity index (χ0) is 17.7. The van der Waals surface area contributed by atoms with Crippen LogP contribution in [0.5, 0.6) is 0 Å². The first-order valence-corrected chi connectivity index (χ1v) is 10.3. The van der Waals surface area contributed by atoms with E-state index in [-0.39, 0.29) is 0 Å². The molecule has 2 aliphatic rings. The fourth-order valence-electron chi connectivity index (χ4n) is 3.28. The highest BCUT2D eigenvalue weighted by molar-refractivity contribution is 7.99. The predicted molar refractivity (Wildman–Crippen MR) is 107 cm³/mol. The maximum atomic E-state index is 10.5. The summed E-state index contributed by atoms with van der Waals surface area (Å²) in [6.07, 6.45) is 0.858. The van der Waals surface area contributed by atoms with Crippen LogP contribution in [-0.4, -0.2) is 77.7 Å². The number of thioether (sulfide) groups is 1.